The maximum absolute atomic E-state index is 6.19. The van der Waals surface area contributed by atoms with E-state index in [1.165, 1.54) is 50.5 Å². The van der Waals surface area contributed by atoms with Gasteiger partial charge >= 0.3 is 0 Å². The van der Waals surface area contributed by atoms with Crippen molar-refractivity contribution in [2.24, 2.45) is 11.7 Å². The fraction of sp³-hybridized carbons (Fsp3) is 0.733. The van der Waals surface area contributed by atoms with Gasteiger partial charge in [-0.15, -0.1) is 0 Å². The Morgan fingerprint density at radius 3 is 2.76 bits per heavy atom. The number of unbranched alkanes of at least 4 members (excludes halogenated alkanes) is 4. The number of hydrogen-bond donors (Lipinski definition) is 1. The van der Waals surface area contributed by atoms with Crippen LogP contribution < -0.4 is 5.73 Å². The Kier molecular flexibility index (Phi) is 4.66. The van der Waals surface area contributed by atoms with E-state index >= 15 is 0 Å². The maximum atomic E-state index is 6.19. The van der Waals surface area contributed by atoms with Gasteiger partial charge in [-0.25, -0.2) is 0 Å². The fourth-order valence-electron chi connectivity index (χ4n) is 2.42. The molecule has 1 aromatic rings. The second-order valence-electron chi connectivity index (χ2n) is 5.46. The molecule has 0 aromatic carbocycles. The Hall–Kier alpha value is -0.760. The molecule has 1 saturated carbocycles. The van der Waals surface area contributed by atoms with Crippen LogP contribution in [0.1, 0.15) is 63.5 Å². The van der Waals surface area contributed by atoms with Crippen LogP contribution in [0.5, 0.6) is 0 Å². The number of nitrogens with zero attached hydrogens (tertiary/aromatic N) is 1. The summed E-state index contributed by atoms with van der Waals surface area (Å²) >= 11 is 0. The minimum atomic E-state index is 0.288. The normalized spacial score (nSPS) is 17.3. The minimum absolute atomic E-state index is 0.288. The van der Waals surface area contributed by atoms with Crippen molar-refractivity contribution in [2.45, 2.75) is 64.5 Å². The highest BCUT2D eigenvalue weighted by Crippen LogP contribution is 2.39. The van der Waals surface area contributed by atoms with Crippen LogP contribution in [0.15, 0.2) is 18.5 Å². The molecule has 96 valence electrons. The van der Waals surface area contributed by atoms with Crippen LogP contribution in [0.25, 0.3) is 0 Å². The molecule has 0 amide bonds. The van der Waals surface area contributed by atoms with E-state index in [0.29, 0.717) is 0 Å². The number of aromatic nitrogens is 1. The van der Waals surface area contributed by atoms with Gasteiger partial charge in [0.15, 0.2) is 0 Å². The van der Waals surface area contributed by atoms with Crippen molar-refractivity contribution in [3.05, 3.63) is 24.0 Å². The van der Waals surface area contributed by atoms with Crippen molar-refractivity contribution >= 4 is 0 Å². The van der Waals surface area contributed by atoms with Crippen LogP contribution in [-0.2, 0) is 6.54 Å². The van der Waals surface area contributed by atoms with E-state index in [0.717, 1.165) is 12.5 Å². The number of aryl methyl sites for hydroxylation is 1. The monoisotopic (exact) mass is 234 g/mol. The molecular formula is C15H26N2. The average Bonchev–Trinajstić information content (AvgIpc) is 3.08. The van der Waals surface area contributed by atoms with Gasteiger partial charge in [0.1, 0.15) is 0 Å². The first-order valence-electron chi connectivity index (χ1n) is 7.22. The second-order valence-corrected chi connectivity index (χ2v) is 5.46. The van der Waals surface area contributed by atoms with Crippen molar-refractivity contribution in [1.29, 1.82) is 0 Å². The van der Waals surface area contributed by atoms with Crippen molar-refractivity contribution in [1.82, 2.24) is 4.57 Å². The average molecular weight is 234 g/mol. The molecule has 2 nitrogen and oxygen atoms in total. The molecule has 2 rings (SSSR count). The molecule has 0 saturated heterocycles. The van der Waals surface area contributed by atoms with Crippen LogP contribution in [0.4, 0.5) is 0 Å². The number of rotatable bonds is 8. The third kappa shape index (κ3) is 3.88. The Morgan fingerprint density at radius 2 is 2.06 bits per heavy atom. The lowest BCUT2D eigenvalue weighted by Gasteiger charge is -2.07. The molecule has 0 spiro atoms. The van der Waals surface area contributed by atoms with Gasteiger partial charge in [-0.2, -0.15) is 0 Å². The Bertz CT molecular complexity index is 325. The zero-order chi connectivity index (χ0) is 12.1. The molecule has 0 radical (unpaired) electrons. The quantitative estimate of drug-likeness (QED) is 0.680. The van der Waals surface area contributed by atoms with E-state index in [9.17, 15) is 0 Å². The van der Waals surface area contributed by atoms with Gasteiger partial charge in [0.05, 0.1) is 0 Å². The molecule has 1 heterocycles. The first kappa shape index (κ1) is 12.7. The molecule has 2 heteroatoms. The summed E-state index contributed by atoms with van der Waals surface area (Å²) in [4.78, 5) is 0. The highest BCUT2D eigenvalue weighted by molar-refractivity contribution is 5.17. The summed E-state index contributed by atoms with van der Waals surface area (Å²) in [5.74, 6) is 0.760. The van der Waals surface area contributed by atoms with Crippen molar-refractivity contribution in [3.8, 4) is 0 Å². The van der Waals surface area contributed by atoms with E-state index in [4.69, 9.17) is 5.73 Å². The smallest absolute Gasteiger partial charge is 0.0338 e. The van der Waals surface area contributed by atoms with Crippen LogP contribution in [0.3, 0.4) is 0 Å². The van der Waals surface area contributed by atoms with Crippen LogP contribution >= 0.6 is 0 Å². The Morgan fingerprint density at radius 1 is 1.29 bits per heavy atom. The van der Waals surface area contributed by atoms with E-state index in [1.54, 1.807) is 0 Å². The third-order valence-electron chi connectivity index (χ3n) is 3.81. The van der Waals surface area contributed by atoms with E-state index < -0.39 is 0 Å². The van der Waals surface area contributed by atoms with E-state index in [1.807, 2.05) is 0 Å². The lowest BCUT2D eigenvalue weighted by Crippen LogP contribution is -2.11. The van der Waals surface area contributed by atoms with Gasteiger partial charge < -0.3 is 10.3 Å². The minimum Gasteiger partial charge on any atom is -0.354 e. The summed E-state index contributed by atoms with van der Waals surface area (Å²) in [6, 6.07) is 2.49. The zero-order valence-corrected chi connectivity index (χ0v) is 11.1. The summed E-state index contributed by atoms with van der Waals surface area (Å²) < 4.78 is 2.31. The van der Waals surface area contributed by atoms with Gasteiger partial charge in [-0.05, 0) is 36.8 Å². The largest absolute Gasteiger partial charge is 0.354 e. The molecule has 17 heavy (non-hydrogen) atoms. The van der Waals surface area contributed by atoms with E-state index in [2.05, 4.69) is 30.0 Å². The molecule has 1 aromatic heterocycles. The molecule has 0 aliphatic heterocycles. The molecule has 1 aliphatic rings. The Labute approximate surface area is 105 Å². The Balaban J connectivity index is 1.70. The van der Waals surface area contributed by atoms with Crippen LogP contribution in [-0.4, -0.2) is 4.57 Å². The highest BCUT2D eigenvalue weighted by atomic mass is 14.9. The number of hydrogen-bond acceptors (Lipinski definition) is 1. The van der Waals surface area contributed by atoms with Gasteiger partial charge in [-0.1, -0.05) is 32.6 Å². The summed E-state index contributed by atoms with van der Waals surface area (Å²) in [7, 11) is 0. The van der Waals surface area contributed by atoms with Gasteiger partial charge in [0.2, 0.25) is 0 Å². The zero-order valence-electron chi connectivity index (χ0n) is 11.1. The fourth-order valence-corrected chi connectivity index (χ4v) is 2.42. The molecule has 1 aliphatic carbocycles. The molecule has 0 bridgehead atoms. The van der Waals surface area contributed by atoms with Crippen LogP contribution in [0.2, 0.25) is 0 Å². The first-order valence-corrected chi connectivity index (χ1v) is 7.22. The highest BCUT2D eigenvalue weighted by Gasteiger charge is 2.29. The lowest BCUT2D eigenvalue weighted by molar-refractivity contribution is 0.566. The SMILES string of the molecule is CCCCCCCn1ccc(C(N)C2CC2)c1. The van der Waals surface area contributed by atoms with Gasteiger partial charge in [-0.3, -0.25) is 0 Å². The van der Waals surface area contributed by atoms with Crippen molar-refractivity contribution in [2.75, 3.05) is 0 Å². The third-order valence-corrected chi connectivity index (χ3v) is 3.81. The summed E-state index contributed by atoms with van der Waals surface area (Å²) in [6.07, 6.45) is 13.8. The molecular weight excluding hydrogens is 208 g/mol. The summed E-state index contributed by atoms with van der Waals surface area (Å²) in [5, 5.41) is 0. The van der Waals surface area contributed by atoms with Crippen molar-refractivity contribution < 1.29 is 0 Å². The van der Waals surface area contributed by atoms with Crippen LogP contribution in [0, 0.1) is 5.92 Å². The molecule has 2 N–H and O–H groups in total. The predicted octanol–water partition coefficient (Wildman–Crippen LogP) is 3.87. The van der Waals surface area contributed by atoms with Gasteiger partial charge in [0, 0.05) is 25.0 Å². The standard InChI is InChI=1S/C15H26N2/c1-2-3-4-5-6-10-17-11-9-14(12-17)15(16)13-7-8-13/h9,11-13,15H,2-8,10,16H2,1H3. The predicted molar refractivity (Wildman–Crippen MR) is 72.8 cm³/mol. The summed E-state index contributed by atoms with van der Waals surface area (Å²) in [5.41, 5.74) is 7.53. The topological polar surface area (TPSA) is 30.9 Å². The first-order chi connectivity index (χ1) is 8.31. The maximum Gasteiger partial charge on any atom is 0.0338 e. The molecule has 1 atom stereocenters. The molecule has 1 fully saturated rings. The van der Waals surface area contributed by atoms with E-state index in [-0.39, 0.29) is 6.04 Å². The number of nitrogens with two attached hydrogens (primary N) is 1. The van der Waals surface area contributed by atoms with Gasteiger partial charge in [0.25, 0.3) is 0 Å². The lowest BCUT2D eigenvalue weighted by atomic mass is 10.1. The summed E-state index contributed by atoms with van der Waals surface area (Å²) in [6.45, 7) is 3.42. The van der Waals surface area contributed by atoms with Crippen molar-refractivity contribution in [3.63, 3.8) is 0 Å². The second kappa shape index (κ2) is 6.25. The molecule has 1 unspecified atom stereocenters.